The van der Waals surface area contributed by atoms with Gasteiger partial charge in [0.15, 0.2) is 0 Å². The van der Waals surface area contributed by atoms with Crippen molar-refractivity contribution < 1.29 is 4.39 Å². The molecule has 0 aromatic heterocycles. The third-order valence-corrected chi connectivity index (χ3v) is 3.90. The maximum atomic E-state index is 14.2. The molecular weight excluding hydrogens is 263 g/mol. The predicted molar refractivity (Wildman–Crippen MR) is 77.8 cm³/mol. The molecule has 0 aliphatic carbocycles. The zero-order chi connectivity index (χ0) is 14.0. The highest BCUT2D eigenvalue weighted by molar-refractivity contribution is 6.30. The van der Waals surface area contributed by atoms with Crippen LogP contribution >= 0.6 is 11.6 Å². The molecule has 4 heteroatoms. The molecule has 1 saturated heterocycles. The smallest absolute Gasteiger partial charge is 0.129 e. The number of benzene rings is 1. The number of nitrogens with two attached hydrogens (primary N) is 1. The zero-order valence-electron chi connectivity index (χ0n) is 11.6. The first-order chi connectivity index (χ1) is 8.99. The van der Waals surface area contributed by atoms with Crippen molar-refractivity contribution in [1.82, 2.24) is 4.90 Å². The summed E-state index contributed by atoms with van der Waals surface area (Å²) in [7, 11) is 0. The molecule has 0 saturated carbocycles. The Hall–Kier alpha value is -0.640. The number of hydrogen-bond donors (Lipinski definition) is 1. The van der Waals surface area contributed by atoms with Gasteiger partial charge in [-0.2, -0.15) is 0 Å². The van der Waals surface area contributed by atoms with E-state index >= 15 is 0 Å². The quantitative estimate of drug-likeness (QED) is 0.919. The average Bonchev–Trinajstić information content (AvgIpc) is 2.30. The Morgan fingerprint density at radius 2 is 2.21 bits per heavy atom. The van der Waals surface area contributed by atoms with Crippen LogP contribution in [0.2, 0.25) is 5.02 Å². The van der Waals surface area contributed by atoms with Crippen LogP contribution in [0, 0.1) is 11.7 Å². The minimum atomic E-state index is -0.247. The van der Waals surface area contributed by atoms with Crippen molar-refractivity contribution in [2.45, 2.75) is 38.8 Å². The second kappa shape index (κ2) is 6.21. The van der Waals surface area contributed by atoms with Gasteiger partial charge in [-0.3, -0.25) is 4.90 Å². The van der Waals surface area contributed by atoms with Gasteiger partial charge in [-0.1, -0.05) is 31.5 Å². The van der Waals surface area contributed by atoms with Gasteiger partial charge in [0.1, 0.15) is 5.82 Å². The number of likely N-dealkylation sites (tertiary alicyclic amines) is 1. The number of piperidine rings is 1. The van der Waals surface area contributed by atoms with Gasteiger partial charge < -0.3 is 5.73 Å². The molecule has 2 rings (SSSR count). The first-order valence-corrected chi connectivity index (χ1v) is 7.31. The zero-order valence-corrected chi connectivity index (χ0v) is 12.3. The Balaban J connectivity index is 2.30. The minimum Gasteiger partial charge on any atom is -0.326 e. The van der Waals surface area contributed by atoms with E-state index in [1.165, 1.54) is 6.07 Å². The summed E-state index contributed by atoms with van der Waals surface area (Å²) in [6, 6.07) is 4.86. The highest BCUT2D eigenvalue weighted by Crippen LogP contribution is 2.33. The molecule has 0 bridgehead atoms. The maximum absolute atomic E-state index is 14.2. The van der Waals surface area contributed by atoms with Crippen LogP contribution in [0.25, 0.3) is 0 Å². The Labute approximate surface area is 119 Å². The summed E-state index contributed by atoms with van der Waals surface area (Å²) in [5.41, 5.74) is 6.92. The van der Waals surface area contributed by atoms with E-state index in [2.05, 4.69) is 18.7 Å². The van der Waals surface area contributed by atoms with Gasteiger partial charge in [0.05, 0.1) is 6.04 Å². The fourth-order valence-electron chi connectivity index (χ4n) is 2.94. The van der Waals surface area contributed by atoms with Crippen molar-refractivity contribution in [3.8, 4) is 0 Å². The van der Waals surface area contributed by atoms with Gasteiger partial charge in [0.25, 0.3) is 0 Å². The lowest BCUT2D eigenvalue weighted by Crippen LogP contribution is -2.47. The molecular formula is C15H22ClFN2. The SMILES string of the molecule is CC(C)CN1CCCC(N)C1c1ccc(Cl)cc1F. The van der Waals surface area contributed by atoms with Crippen molar-refractivity contribution in [1.29, 1.82) is 0 Å². The third kappa shape index (κ3) is 3.47. The highest BCUT2D eigenvalue weighted by Gasteiger charge is 2.32. The Kier molecular flexibility index (Phi) is 4.82. The molecule has 1 aliphatic rings. The molecule has 106 valence electrons. The Bertz CT molecular complexity index is 436. The van der Waals surface area contributed by atoms with E-state index in [1.807, 2.05) is 0 Å². The fraction of sp³-hybridized carbons (Fsp3) is 0.600. The molecule has 2 unspecified atom stereocenters. The molecule has 2 nitrogen and oxygen atoms in total. The molecule has 1 aromatic carbocycles. The van der Waals surface area contributed by atoms with E-state index in [4.69, 9.17) is 17.3 Å². The van der Waals surface area contributed by atoms with Gasteiger partial charge in [-0.15, -0.1) is 0 Å². The fourth-order valence-corrected chi connectivity index (χ4v) is 3.10. The maximum Gasteiger partial charge on any atom is 0.129 e. The van der Waals surface area contributed by atoms with Crippen LogP contribution in [0.4, 0.5) is 4.39 Å². The summed E-state index contributed by atoms with van der Waals surface area (Å²) < 4.78 is 14.2. The van der Waals surface area contributed by atoms with Crippen LogP contribution in [0.15, 0.2) is 18.2 Å². The van der Waals surface area contributed by atoms with Crippen molar-refractivity contribution in [3.63, 3.8) is 0 Å². The van der Waals surface area contributed by atoms with Gasteiger partial charge in [-0.05, 0) is 37.4 Å². The summed E-state index contributed by atoms with van der Waals surface area (Å²) in [4.78, 5) is 2.31. The molecule has 1 fully saturated rings. The lowest BCUT2D eigenvalue weighted by Gasteiger charge is -2.41. The molecule has 0 radical (unpaired) electrons. The molecule has 2 atom stereocenters. The van der Waals surface area contributed by atoms with E-state index in [-0.39, 0.29) is 17.9 Å². The van der Waals surface area contributed by atoms with E-state index in [0.29, 0.717) is 16.5 Å². The van der Waals surface area contributed by atoms with Crippen molar-refractivity contribution in [2.75, 3.05) is 13.1 Å². The van der Waals surface area contributed by atoms with E-state index < -0.39 is 0 Å². The minimum absolute atomic E-state index is 0.0109. The highest BCUT2D eigenvalue weighted by atomic mass is 35.5. The molecule has 1 aromatic rings. The lowest BCUT2D eigenvalue weighted by molar-refractivity contribution is 0.111. The monoisotopic (exact) mass is 284 g/mol. The lowest BCUT2D eigenvalue weighted by atomic mass is 9.90. The molecule has 2 N–H and O–H groups in total. The summed E-state index contributed by atoms with van der Waals surface area (Å²) in [5.74, 6) is 0.298. The van der Waals surface area contributed by atoms with Crippen molar-refractivity contribution >= 4 is 11.6 Å². The summed E-state index contributed by atoms with van der Waals surface area (Å²) in [5, 5.41) is 0.432. The third-order valence-electron chi connectivity index (χ3n) is 3.66. The average molecular weight is 285 g/mol. The molecule has 0 spiro atoms. The van der Waals surface area contributed by atoms with Crippen LogP contribution in [0.5, 0.6) is 0 Å². The van der Waals surface area contributed by atoms with Crippen LogP contribution in [-0.4, -0.2) is 24.0 Å². The second-order valence-electron chi connectivity index (χ2n) is 5.81. The van der Waals surface area contributed by atoms with Crippen LogP contribution in [-0.2, 0) is 0 Å². The first kappa shape index (κ1) is 14.8. The number of nitrogens with zero attached hydrogens (tertiary/aromatic N) is 1. The van der Waals surface area contributed by atoms with Crippen LogP contribution in [0.3, 0.4) is 0 Å². The molecule has 19 heavy (non-hydrogen) atoms. The van der Waals surface area contributed by atoms with E-state index in [9.17, 15) is 4.39 Å². The predicted octanol–water partition coefficient (Wildman–Crippen LogP) is 3.60. The molecule has 0 amide bonds. The van der Waals surface area contributed by atoms with Crippen molar-refractivity contribution in [3.05, 3.63) is 34.6 Å². The van der Waals surface area contributed by atoms with Gasteiger partial charge in [-0.25, -0.2) is 4.39 Å². The topological polar surface area (TPSA) is 29.3 Å². The summed E-state index contributed by atoms with van der Waals surface area (Å²) >= 11 is 5.83. The largest absolute Gasteiger partial charge is 0.326 e. The molecule has 1 aliphatic heterocycles. The Morgan fingerprint density at radius 3 is 2.84 bits per heavy atom. The Morgan fingerprint density at radius 1 is 1.47 bits per heavy atom. The van der Waals surface area contributed by atoms with Crippen LogP contribution in [0.1, 0.15) is 38.3 Å². The number of halogens is 2. The number of rotatable bonds is 3. The first-order valence-electron chi connectivity index (χ1n) is 6.93. The van der Waals surface area contributed by atoms with Gasteiger partial charge >= 0.3 is 0 Å². The second-order valence-corrected chi connectivity index (χ2v) is 6.24. The normalized spacial score (nSPS) is 24.9. The van der Waals surface area contributed by atoms with E-state index in [1.54, 1.807) is 12.1 Å². The van der Waals surface area contributed by atoms with Crippen LogP contribution < -0.4 is 5.73 Å². The van der Waals surface area contributed by atoms with Gasteiger partial charge in [0.2, 0.25) is 0 Å². The van der Waals surface area contributed by atoms with Gasteiger partial charge in [0, 0.05) is 23.2 Å². The van der Waals surface area contributed by atoms with Crippen molar-refractivity contribution in [2.24, 2.45) is 11.7 Å². The number of hydrogen-bond acceptors (Lipinski definition) is 2. The summed E-state index contributed by atoms with van der Waals surface area (Å²) in [6.07, 6.45) is 2.03. The standard InChI is InChI=1S/C15H22ClFN2/c1-10(2)9-19-7-3-4-14(18)15(19)12-6-5-11(16)8-13(12)17/h5-6,8,10,14-15H,3-4,7,9,18H2,1-2H3. The molecule has 1 heterocycles. The summed E-state index contributed by atoms with van der Waals surface area (Å²) in [6.45, 7) is 6.28. The van der Waals surface area contributed by atoms with E-state index in [0.717, 1.165) is 25.9 Å².